The molecule has 1 N–H and O–H groups in total. The number of rotatable bonds is 2. The number of hydrogen-bond acceptors (Lipinski definition) is 3. The lowest BCUT2D eigenvalue weighted by atomic mass is 9.78. The molecule has 1 fully saturated rings. The summed E-state index contributed by atoms with van der Waals surface area (Å²) in [6.45, 7) is 0. The maximum atomic E-state index is 6.88. The second-order valence-corrected chi connectivity index (χ2v) is 10.9. The molecule has 4 aromatic rings. The highest BCUT2D eigenvalue weighted by Crippen LogP contribution is 2.52. The number of hydrogen-bond donors (Lipinski definition) is 1. The van der Waals surface area contributed by atoms with Gasteiger partial charge in [0.2, 0.25) is 0 Å². The highest BCUT2D eigenvalue weighted by molar-refractivity contribution is 9.10. The molecular weight excluding hydrogens is 496 g/mol. The molecule has 1 aliphatic carbocycles. The van der Waals surface area contributed by atoms with Crippen LogP contribution in [-0.2, 0) is 0 Å². The number of nitrogens with one attached hydrogen (secondary N) is 1. The molecule has 35 heavy (non-hydrogen) atoms. The van der Waals surface area contributed by atoms with Gasteiger partial charge in [0, 0.05) is 22.9 Å². The number of benzene rings is 4. The summed E-state index contributed by atoms with van der Waals surface area (Å²) in [5, 5.41) is 4.92. The standard InChI is InChI=1S/C31H27BrN2O/c32-26-12-13-30-27(19-26)29-20-28(25-11-10-22-8-4-5-9-24(22)18-25)33-34(29)31(35-30)16-14-23(15-17-31)21-6-2-1-3-7-21/h1-13,18-20,23,29,33H,14-17H2/t23?,29-,31?/m0/s1. The largest absolute Gasteiger partial charge is 0.471 e. The number of hydrazine groups is 1. The van der Waals surface area contributed by atoms with E-state index >= 15 is 0 Å². The predicted octanol–water partition coefficient (Wildman–Crippen LogP) is 7.95. The zero-order valence-electron chi connectivity index (χ0n) is 19.5. The van der Waals surface area contributed by atoms with Crippen molar-refractivity contribution in [3.63, 3.8) is 0 Å². The van der Waals surface area contributed by atoms with Crippen LogP contribution in [0, 0.1) is 0 Å². The van der Waals surface area contributed by atoms with Crippen LogP contribution < -0.4 is 10.2 Å². The van der Waals surface area contributed by atoms with Gasteiger partial charge >= 0.3 is 0 Å². The Morgan fingerprint density at radius 2 is 1.60 bits per heavy atom. The molecule has 7 rings (SSSR count). The van der Waals surface area contributed by atoms with Crippen LogP contribution in [0.1, 0.15) is 54.3 Å². The molecule has 1 saturated carbocycles. The smallest absolute Gasteiger partial charge is 0.180 e. The van der Waals surface area contributed by atoms with E-state index in [4.69, 9.17) is 4.74 Å². The van der Waals surface area contributed by atoms with Gasteiger partial charge in [-0.25, -0.2) is 0 Å². The maximum Gasteiger partial charge on any atom is 0.180 e. The highest BCUT2D eigenvalue weighted by Gasteiger charge is 2.51. The molecule has 0 bridgehead atoms. The van der Waals surface area contributed by atoms with Crippen LogP contribution in [-0.4, -0.2) is 10.7 Å². The Bertz CT molecular complexity index is 1440. The Morgan fingerprint density at radius 3 is 2.43 bits per heavy atom. The molecule has 0 radical (unpaired) electrons. The molecule has 2 aliphatic heterocycles. The highest BCUT2D eigenvalue weighted by atomic mass is 79.9. The van der Waals surface area contributed by atoms with E-state index in [1.807, 2.05) is 0 Å². The van der Waals surface area contributed by atoms with E-state index in [2.05, 4.69) is 123 Å². The van der Waals surface area contributed by atoms with Crippen molar-refractivity contribution in [1.82, 2.24) is 10.4 Å². The first-order chi connectivity index (χ1) is 17.2. The summed E-state index contributed by atoms with van der Waals surface area (Å²) in [5.74, 6) is 1.59. The molecule has 0 saturated heterocycles. The van der Waals surface area contributed by atoms with E-state index in [0.29, 0.717) is 5.92 Å². The van der Waals surface area contributed by atoms with E-state index in [1.165, 1.54) is 27.5 Å². The second-order valence-electron chi connectivity index (χ2n) is 9.98. The van der Waals surface area contributed by atoms with Crippen molar-refractivity contribution in [3.05, 3.63) is 118 Å². The van der Waals surface area contributed by atoms with Gasteiger partial charge in [-0.15, -0.1) is 0 Å². The van der Waals surface area contributed by atoms with Crippen molar-refractivity contribution in [3.8, 4) is 5.75 Å². The first-order valence-corrected chi connectivity index (χ1v) is 13.3. The number of nitrogens with zero attached hydrogens (tertiary/aromatic N) is 1. The summed E-state index contributed by atoms with van der Waals surface area (Å²) >= 11 is 3.68. The van der Waals surface area contributed by atoms with Crippen molar-refractivity contribution in [2.75, 3.05) is 0 Å². The van der Waals surface area contributed by atoms with Gasteiger partial charge in [-0.1, -0.05) is 82.7 Å². The zero-order valence-corrected chi connectivity index (χ0v) is 21.0. The molecule has 0 amide bonds. The first kappa shape index (κ1) is 21.2. The summed E-state index contributed by atoms with van der Waals surface area (Å²) < 4.78 is 7.96. The van der Waals surface area contributed by atoms with Crippen LogP contribution in [0.2, 0.25) is 0 Å². The Hall–Kier alpha value is -3.08. The van der Waals surface area contributed by atoms with Crippen LogP contribution in [0.15, 0.2) is 102 Å². The third-order valence-corrected chi connectivity index (χ3v) is 8.46. The average molecular weight is 523 g/mol. The molecule has 174 valence electrons. The summed E-state index contributed by atoms with van der Waals surface area (Å²) in [4.78, 5) is 0. The van der Waals surface area contributed by atoms with Gasteiger partial charge in [-0.2, -0.15) is 5.01 Å². The minimum atomic E-state index is -0.355. The Morgan fingerprint density at radius 1 is 0.829 bits per heavy atom. The Labute approximate surface area is 214 Å². The normalized spacial score (nSPS) is 25.5. The Balaban J connectivity index is 1.25. The van der Waals surface area contributed by atoms with Gasteiger partial charge < -0.3 is 10.2 Å². The minimum Gasteiger partial charge on any atom is -0.471 e. The van der Waals surface area contributed by atoms with Crippen molar-refractivity contribution in [2.24, 2.45) is 0 Å². The van der Waals surface area contributed by atoms with Gasteiger partial charge in [0.05, 0.1) is 11.7 Å². The summed E-state index contributed by atoms with van der Waals surface area (Å²) in [5.41, 5.74) is 8.47. The first-order valence-electron chi connectivity index (χ1n) is 12.5. The van der Waals surface area contributed by atoms with E-state index in [9.17, 15) is 0 Å². The number of ether oxygens (including phenoxy) is 1. The predicted molar refractivity (Wildman–Crippen MR) is 145 cm³/mol. The molecule has 4 heteroatoms. The van der Waals surface area contributed by atoms with Crippen molar-refractivity contribution >= 4 is 32.4 Å². The monoisotopic (exact) mass is 522 g/mol. The number of halogens is 1. The van der Waals surface area contributed by atoms with Crippen LogP contribution in [0.5, 0.6) is 5.75 Å². The van der Waals surface area contributed by atoms with Gasteiger partial charge in [-0.3, -0.25) is 0 Å². The fourth-order valence-electron chi connectivity index (χ4n) is 6.14. The molecule has 0 unspecified atom stereocenters. The zero-order chi connectivity index (χ0) is 23.4. The average Bonchev–Trinajstić information content (AvgIpc) is 3.37. The molecule has 1 spiro atoms. The lowest BCUT2D eigenvalue weighted by Crippen LogP contribution is -2.60. The van der Waals surface area contributed by atoms with Gasteiger partial charge in [0.25, 0.3) is 0 Å². The van der Waals surface area contributed by atoms with Crippen LogP contribution in [0.4, 0.5) is 0 Å². The van der Waals surface area contributed by atoms with Crippen molar-refractivity contribution < 1.29 is 4.74 Å². The molecule has 0 aromatic heterocycles. The lowest BCUT2D eigenvalue weighted by molar-refractivity contribution is -0.152. The molecule has 3 nitrogen and oxygen atoms in total. The summed E-state index contributed by atoms with van der Waals surface area (Å²) in [6.07, 6.45) is 6.59. The molecule has 2 heterocycles. The fraction of sp³-hybridized carbons (Fsp3) is 0.226. The van der Waals surface area contributed by atoms with Crippen LogP contribution >= 0.6 is 15.9 Å². The molecule has 4 aromatic carbocycles. The van der Waals surface area contributed by atoms with E-state index < -0.39 is 0 Å². The Kier molecular flexibility index (Phi) is 5.00. The quantitative estimate of drug-likeness (QED) is 0.289. The van der Waals surface area contributed by atoms with Gasteiger partial charge in [-0.05, 0) is 71.0 Å². The van der Waals surface area contributed by atoms with Crippen molar-refractivity contribution in [2.45, 2.75) is 43.4 Å². The summed E-state index contributed by atoms with van der Waals surface area (Å²) in [7, 11) is 0. The lowest BCUT2D eigenvalue weighted by Gasteiger charge is -2.51. The summed E-state index contributed by atoms with van der Waals surface area (Å²) in [6, 6.07) is 32.8. The number of fused-ring (bicyclic) bond motifs is 5. The van der Waals surface area contributed by atoms with Gasteiger partial charge in [0.15, 0.2) is 5.72 Å². The van der Waals surface area contributed by atoms with E-state index in [1.54, 1.807) is 0 Å². The maximum absolute atomic E-state index is 6.88. The van der Waals surface area contributed by atoms with Crippen LogP contribution in [0.25, 0.3) is 16.5 Å². The second kappa shape index (κ2) is 8.25. The van der Waals surface area contributed by atoms with E-state index in [0.717, 1.165) is 41.6 Å². The van der Waals surface area contributed by atoms with E-state index in [-0.39, 0.29) is 11.8 Å². The third kappa shape index (κ3) is 3.59. The SMILES string of the molecule is Brc1ccc2c(c1)[C@@H]1C=C(c3ccc4ccccc4c3)NN1C1(CCC(c3ccccc3)CC1)O2. The van der Waals surface area contributed by atoms with Crippen molar-refractivity contribution in [1.29, 1.82) is 0 Å². The van der Waals surface area contributed by atoms with Crippen LogP contribution in [0.3, 0.4) is 0 Å². The topological polar surface area (TPSA) is 24.5 Å². The molecule has 1 atom stereocenters. The fourth-order valence-corrected chi connectivity index (χ4v) is 6.52. The van der Waals surface area contributed by atoms with Gasteiger partial charge in [0.1, 0.15) is 5.75 Å². The minimum absolute atomic E-state index is 0.131. The molecular formula is C31H27BrN2O. The third-order valence-electron chi connectivity index (χ3n) is 7.97. The molecule has 3 aliphatic rings.